The fourth-order valence-electron chi connectivity index (χ4n) is 2.64. The Hall–Kier alpha value is -1.18. The third-order valence-electron chi connectivity index (χ3n) is 3.83. The van der Waals surface area contributed by atoms with Gasteiger partial charge in [-0.3, -0.25) is 0 Å². The van der Waals surface area contributed by atoms with Crippen LogP contribution in [0.1, 0.15) is 49.7 Å². The number of rotatable bonds is 2. The first-order chi connectivity index (χ1) is 8.16. The van der Waals surface area contributed by atoms with E-state index in [1.807, 2.05) is 0 Å². The molecule has 1 aliphatic rings. The molecule has 2 nitrogen and oxygen atoms in total. The second-order valence-corrected chi connectivity index (χ2v) is 5.36. The highest BCUT2D eigenvalue weighted by molar-refractivity contribution is 5.62. The summed E-state index contributed by atoms with van der Waals surface area (Å²) in [7, 11) is 0. The van der Waals surface area contributed by atoms with Crippen LogP contribution in [0.25, 0.3) is 0 Å². The van der Waals surface area contributed by atoms with Crippen LogP contribution in [-0.4, -0.2) is 6.04 Å². The van der Waals surface area contributed by atoms with Crippen LogP contribution in [-0.2, 0) is 0 Å². The van der Waals surface area contributed by atoms with Gasteiger partial charge in [0.25, 0.3) is 0 Å². The number of benzene rings is 1. The van der Waals surface area contributed by atoms with Gasteiger partial charge in [0, 0.05) is 17.4 Å². The van der Waals surface area contributed by atoms with Gasteiger partial charge < -0.3 is 11.1 Å². The molecule has 17 heavy (non-hydrogen) atoms. The lowest BCUT2D eigenvalue weighted by Crippen LogP contribution is -2.19. The molecule has 0 bridgehead atoms. The summed E-state index contributed by atoms with van der Waals surface area (Å²) in [5, 5.41) is 3.70. The summed E-state index contributed by atoms with van der Waals surface area (Å²) in [5.41, 5.74) is 10.5. The smallest absolute Gasteiger partial charge is 0.0376 e. The van der Waals surface area contributed by atoms with E-state index in [-0.39, 0.29) is 0 Å². The molecule has 94 valence electrons. The van der Waals surface area contributed by atoms with Crippen molar-refractivity contribution in [2.24, 2.45) is 0 Å². The molecule has 0 aromatic heterocycles. The molecule has 2 rings (SSSR count). The second-order valence-electron chi connectivity index (χ2n) is 5.36. The summed E-state index contributed by atoms with van der Waals surface area (Å²) < 4.78 is 0. The minimum atomic E-state index is 0.652. The van der Waals surface area contributed by atoms with Gasteiger partial charge in [-0.05, 0) is 49.9 Å². The lowest BCUT2D eigenvalue weighted by atomic mass is 10.1. The topological polar surface area (TPSA) is 38.0 Å². The quantitative estimate of drug-likeness (QED) is 0.597. The number of hydrogen-bond acceptors (Lipinski definition) is 2. The maximum Gasteiger partial charge on any atom is 0.0376 e. The van der Waals surface area contributed by atoms with Gasteiger partial charge in [0.2, 0.25) is 0 Å². The fraction of sp³-hybridized carbons (Fsp3) is 0.600. The minimum Gasteiger partial charge on any atom is -0.399 e. The number of aryl methyl sites for hydroxylation is 2. The molecule has 0 saturated heterocycles. The molecule has 2 heteroatoms. The Bertz CT molecular complexity index is 377. The standard InChI is InChI=1S/C15H24N2/c1-11-10-15(12(2)9-14(11)16)17-13-7-5-3-4-6-8-13/h9-10,13,17H,3-8,16H2,1-2H3. The molecular formula is C15H24N2. The van der Waals surface area contributed by atoms with Gasteiger partial charge in [-0.2, -0.15) is 0 Å². The molecule has 3 N–H and O–H groups in total. The van der Waals surface area contributed by atoms with Crippen molar-refractivity contribution < 1.29 is 0 Å². The molecule has 0 aliphatic heterocycles. The van der Waals surface area contributed by atoms with Crippen molar-refractivity contribution in [1.82, 2.24) is 0 Å². The highest BCUT2D eigenvalue weighted by atomic mass is 14.9. The zero-order valence-electron chi connectivity index (χ0n) is 11.1. The van der Waals surface area contributed by atoms with E-state index in [1.165, 1.54) is 55.3 Å². The Morgan fingerprint density at radius 1 is 1.00 bits per heavy atom. The SMILES string of the molecule is Cc1cc(NC2CCCCCC2)c(C)cc1N. The van der Waals surface area contributed by atoms with Crippen LogP contribution in [0.4, 0.5) is 11.4 Å². The van der Waals surface area contributed by atoms with Gasteiger partial charge in [-0.1, -0.05) is 25.7 Å². The molecular weight excluding hydrogens is 208 g/mol. The third-order valence-corrected chi connectivity index (χ3v) is 3.83. The zero-order chi connectivity index (χ0) is 12.3. The van der Waals surface area contributed by atoms with Gasteiger partial charge in [-0.25, -0.2) is 0 Å². The number of hydrogen-bond donors (Lipinski definition) is 2. The van der Waals surface area contributed by atoms with E-state index in [9.17, 15) is 0 Å². The molecule has 0 radical (unpaired) electrons. The summed E-state index contributed by atoms with van der Waals surface area (Å²) in [6.45, 7) is 4.21. The predicted molar refractivity (Wildman–Crippen MR) is 75.4 cm³/mol. The van der Waals surface area contributed by atoms with Crippen LogP contribution in [0.3, 0.4) is 0 Å². The van der Waals surface area contributed by atoms with E-state index in [0.29, 0.717) is 6.04 Å². The molecule has 1 fully saturated rings. The van der Waals surface area contributed by atoms with Crippen LogP contribution >= 0.6 is 0 Å². The molecule has 0 unspecified atom stereocenters. The summed E-state index contributed by atoms with van der Waals surface area (Å²) in [4.78, 5) is 0. The summed E-state index contributed by atoms with van der Waals surface area (Å²) in [6, 6.07) is 4.92. The maximum atomic E-state index is 5.92. The van der Waals surface area contributed by atoms with Crippen LogP contribution < -0.4 is 11.1 Å². The van der Waals surface area contributed by atoms with Crippen LogP contribution in [0.5, 0.6) is 0 Å². The monoisotopic (exact) mass is 232 g/mol. The predicted octanol–water partition coefficient (Wildman–Crippen LogP) is 4.02. The molecule has 1 aromatic rings. The highest BCUT2D eigenvalue weighted by Crippen LogP contribution is 2.26. The van der Waals surface area contributed by atoms with Crippen molar-refractivity contribution in [1.29, 1.82) is 0 Å². The number of nitrogen functional groups attached to an aromatic ring is 1. The molecule has 1 saturated carbocycles. The van der Waals surface area contributed by atoms with Crippen LogP contribution in [0, 0.1) is 13.8 Å². The third kappa shape index (κ3) is 3.15. The van der Waals surface area contributed by atoms with Gasteiger partial charge in [0.05, 0.1) is 0 Å². The fourth-order valence-corrected chi connectivity index (χ4v) is 2.64. The van der Waals surface area contributed by atoms with Crippen molar-refractivity contribution in [2.45, 2.75) is 58.4 Å². The summed E-state index contributed by atoms with van der Waals surface area (Å²) >= 11 is 0. The van der Waals surface area contributed by atoms with Crippen molar-refractivity contribution in [2.75, 3.05) is 11.1 Å². The molecule has 1 aliphatic carbocycles. The van der Waals surface area contributed by atoms with E-state index >= 15 is 0 Å². The summed E-state index contributed by atoms with van der Waals surface area (Å²) in [6.07, 6.45) is 8.15. The zero-order valence-corrected chi connectivity index (χ0v) is 11.1. The van der Waals surface area contributed by atoms with Crippen molar-refractivity contribution >= 4 is 11.4 Å². The Kier molecular flexibility index (Phi) is 3.93. The Labute approximate surface area is 105 Å². The normalized spacial score (nSPS) is 17.8. The van der Waals surface area contributed by atoms with Gasteiger partial charge >= 0.3 is 0 Å². The molecule has 1 aromatic carbocycles. The summed E-state index contributed by atoms with van der Waals surface area (Å²) in [5.74, 6) is 0. The van der Waals surface area contributed by atoms with Crippen LogP contribution in [0.15, 0.2) is 12.1 Å². The Morgan fingerprint density at radius 2 is 1.65 bits per heavy atom. The number of nitrogens with two attached hydrogens (primary N) is 1. The molecule has 0 heterocycles. The van der Waals surface area contributed by atoms with Gasteiger partial charge in [0.1, 0.15) is 0 Å². The molecule has 0 spiro atoms. The maximum absolute atomic E-state index is 5.92. The van der Waals surface area contributed by atoms with E-state index < -0.39 is 0 Å². The second kappa shape index (κ2) is 5.44. The lowest BCUT2D eigenvalue weighted by Gasteiger charge is -2.20. The van der Waals surface area contributed by atoms with Crippen molar-refractivity contribution in [3.05, 3.63) is 23.3 Å². The van der Waals surface area contributed by atoms with Crippen molar-refractivity contribution in [3.8, 4) is 0 Å². The largest absolute Gasteiger partial charge is 0.399 e. The lowest BCUT2D eigenvalue weighted by molar-refractivity contribution is 0.619. The van der Waals surface area contributed by atoms with E-state index in [0.717, 1.165) is 5.69 Å². The minimum absolute atomic E-state index is 0.652. The first-order valence-corrected chi connectivity index (χ1v) is 6.80. The average Bonchev–Trinajstić information content (AvgIpc) is 2.54. The molecule has 0 amide bonds. The Morgan fingerprint density at radius 3 is 2.29 bits per heavy atom. The first-order valence-electron chi connectivity index (χ1n) is 6.80. The Balaban J connectivity index is 2.09. The average molecular weight is 232 g/mol. The van der Waals surface area contributed by atoms with E-state index in [1.54, 1.807) is 0 Å². The molecule has 0 atom stereocenters. The number of anilines is 2. The van der Waals surface area contributed by atoms with E-state index in [4.69, 9.17) is 5.73 Å². The van der Waals surface area contributed by atoms with E-state index in [2.05, 4.69) is 31.3 Å². The van der Waals surface area contributed by atoms with Gasteiger partial charge in [0.15, 0.2) is 0 Å². The van der Waals surface area contributed by atoms with Gasteiger partial charge in [-0.15, -0.1) is 0 Å². The van der Waals surface area contributed by atoms with Crippen molar-refractivity contribution in [3.63, 3.8) is 0 Å². The van der Waals surface area contributed by atoms with Crippen LogP contribution in [0.2, 0.25) is 0 Å². The highest BCUT2D eigenvalue weighted by Gasteiger charge is 2.13. The number of nitrogens with one attached hydrogen (secondary N) is 1. The first kappa shape index (κ1) is 12.3.